The largest absolute Gasteiger partial charge is 0.240 e. The molecule has 0 unspecified atom stereocenters. The number of hydrogen-bond acceptors (Lipinski definition) is 3. The van der Waals surface area contributed by atoms with E-state index in [9.17, 15) is 0 Å². The molecule has 2 aromatic rings. The average molecular weight is 343 g/mol. The Morgan fingerprint density at radius 1 is 1.47 bits per heavy atom. The lowest BCUT2D eigenvalue weighted by Crippen LogP contribution is -1.84. The number of thiophene rings is 1. The van der Waals surface area contributed by atoms with Crippen molar-refractivity contribution >= 4 is 61.8 Å². The highest BCUT2D eigenvalue weighted by atomic mass is 79.9. The van der Waals surface area contributed by atoms with Crippen molar-refractivity contribution in [2.75, 3.05) is 5.88 Å². The predicted octanol–water partition coefficient (Wildman–Crippen LogP) is 5.07. The zero-order chi connectivity index (χ0) is 10.8. The Bertz CT molecular complexity index is 447. The third kappa shape index (κ3) is 2.74. The Kier molecular flexibility index (Phi) is 4.07. The Balaban J connectivity index is 2.28. The first-order chi connectivity index (χ1) is 7.20. The van der Waals surface area contributed by atoms with E-state index >= 15 is 0 Å². The second-order valence-electron chi connectivity index (χ2n) is 2.82. The molecule has 0 saturated heterocycles. The molecule has 80 valence electrons. The standard InChI is InChI=1S/C9H6BrCl2NS2/c10-6-3-7(15-8(6)12)9-13-5(1-2-11)4-14-9/h3-4H,1-2H2. The normalized spacial score (nSPS) is 10.9. The minimum absolute atomic E-state index is 0.609. The maximum absolute atomic E-state index is 5.97. The van der Waals surface area contributed by atoms with Crippen LogP contribution in [0, 0.1) is 0 Å². The molecule has 2 aromatic heterocycles. The fourth-order valence-corrected chi connectivity index (χ4v) is 3.90. The summed E-state index contributed by atoms with van der Waals surface area (Å²) in [5.41, 5.74) is 1.05. The average Bonchev–Trinajstić information content (AvgIpc) is 2.76. The monoisotopic (exact) mass is 341 g/mol. The van der Waals surface area contributed by atoms with Gasteiger partial charge in [0.2, 0.25) is 0 Å². The van der Waals surface area contributed by atoms with E-state index < -0.39 is 0 Å². The van der Waals surface area contributed by atoms with Gasteiger partial charge in [0.05, 0.1) is 10.6 Å². The van der Waals surface area contributed by atoms with Crippen LogP contribution in [0.5, 0.6) is 0 Å². The van der Waals surface area contributed by atoms with E-state index in [1.54, 1.807) is 11.3 Å². The molecular formula is C9H6BrCl2NS2. The molecule has 2 rings (SSSR count). The topological polar surface area (TPSA) is 12.9 Å². The Labute approximate surface area is 114 Å². The maximum Gasteiger partial charge on any atom is 0.133 e. The van der Waals surface area contributed by atoms with Crippen LogP contribution in [0.3, 0.4) is 0 Å². The fraction of sp³-hybridized carbons (Fsp3) is 0.222. The summed E-state index contributed by atoms with van der Waals surface area (Å²) in [6, 6.07) is 2.00. The summed E-state index contributed by atoms with van der Waals surface area (Å²) < 4.78 is 1.69. The van der Waals surface area contributed by atoms with Crippen LogP contribution in [0.15, 0.2) is 15.9 Å². The fourth-order valence-electron chi connectivity index (χ4n) is 1.08. The number of hydrogen-bond donors (Lipinski definition) is 0. The number of alkyl halides is 1. The van der Waals surface area contributed by atoms with E-state index in [0.29, 0.717) is 5.88 Å². The predicted molar refractivity (Wildman–Crippen MR) is 72.6 cm³/mol. The second kappa shape index (κ2) is 5.15. The van der Waals surface area contributed by atoms with Crippen molar-refractivity contribution in [1.29, 1.82) is 0 Å². The Morgan fingerprint density at radius 3 is 2.87 bits per heavy atom. The van der Waals surface area contributed by atoms with Crippen molar-refractivity contribution in [1.82, 2.24) is 4.98 Å². The molecular weight excluding hydrogens is 337 g/mol. The van der Waals surface area contributed by atoms with Gasteiger partial charge in [-0.3, -0.25) is 0 Å². The van der Waals surface area contributed by atoms with Gasteiger partial charge in [-0.25, -0.2) is 4.98 Å². The second-order valence-corrected chi connectivity index (χ2v) is 6.56. The summed E-state index contributed by atoms with van der Waals surface area (Å²) in [5.74, 6) is 0.609. The van der Waals surface area contributed by atoms with E-state index in [1.165, 1.54) is 11.3 Å². The van der Waals surface area contributed by atoms with Gasteiger partial charge in [-0.15, -0.1) is 34.3 Å². The van der Waals surface area contributed by atoms with Crippen LogP contribution < -0.4 is 0 Å². The van der Waals surface area contributed by atoms with Gasteiger partial charge in [-0.2, -0.15) is 0 Å². The molecule has 0 fully saturated rings. The molecule has 1 nitrogen and oxygen atoms in total. The number of halogens is 3. The molecule has 0 N–H and O–H groups in total. The van der Waals surface area contributed by atoms with E-state index in [0.717, 1.165) is 30.8 Å². The molecule has 0 atom stereocenters. The minimum atomic E-state index is 0.609. The summed E-state index contributed by atoms with van der Waals surface area (Å²) in [6.07, 6.45) is 0.818. The summed E-state index contributed by atoms with van der Waals surface area (Å²) in [7, 11) is 0. The van der Waals surface area contributed by atoms with Gasteiger partial charge >= 0.3 is 0 Å². The summed E-state index contributed by atoms with van der Waals surface area (Å²) in [4.78, 5) is 5.58. The summed E-state index contributed by atoms with van der Waals surface area (Å²) in [6.45, 7) is 0. The highest BCUT2D eigenvalue weighted by molar-refractivity contribution is 9.10. The van der Waals surface area contributed by atoms with E-state index in [4.69, 9.17) is 23.2 Å². The smallest absolute Gasteiger partial charge is 0.133 e. The van der Waals surface area contributed by atoms with Gasteiger partial charge in [0.1, 0.15) is 9.34 Å². The number of aromatic nitrogens is 1. The summed E-state index contributed by atoms with van der Waals surface area (Å²) >= 11 is 18.2. The number of thiazole rings is 1. The van der Waals surface area contributed by atoms with Gasteiger partial charge in [-0.05, 0) is 22.0 Å². The van der Waals surface area contributed by atoms with Crippen molar-refractivity contribution in [2.45, 2.75) is 6.42 Å². The van der Waals surface area contributed by atoms with Crippen LogP contribution in [0.1, 0.15) is 5.69 Å². The van der Waals surface area contributed by atoms with Crippen molar-refractivity contribution in [3.63, 3.8) is 0 Å². The van der Waals surface area contributed by atoms with Crippen molar-refractivity contribution in [3.05, 3.63) is 25.9 Å². The zero-order valence-electron chi connectivity index (χ0n) is 7.47. The molecule has 0 aromatic carbocycles. The first-order valence-electron chi connectivity index (χ1n) is 4.16. The molecule has 0 aliphatic carbocycles. The van der Waals surface area contributed by atoms with Crippen LogP contribution in [0.25, 0.3) is 9.88 Å². The van der Waals surface area contributed by atoms with Crippen molar-refractivity contribution in [2.24, 2.45) is 0 Å². The molecule has 0 saturated carbocycles. The highest BCUT2D eigenvalue weighted by Gasteiger charge is 2.10. The van der Waals surface area contributed by atoms with Gasteiger partial charge in [-0.1, -0.05) is 11.6 Å². The SMILES string of the molecule is ClCCc1csc(-c2cc(Br)c(Cl)s2)n1. The highest BCUT2D eigenvalue weighted by Crippen LogP contribution is 2.38. The summed E-state index contributed by atoms with van der Waals surface area (Å²) in [5, 5.41) is 3.05. The van der Waals surface area contributed by atoms with E-state index in [2.05, 4.69) is 20.9 Å². The van der Waals surface area contributed by atoms with Gasteiger partial charge < -0.3 is 0 Å². The van der Waals surface area contributed by atoms with Crippen LogP contribution in [0.2, 0.25) is 4.34 Å². The number of nitrogens with zero attached hydrogens (tertiary/aromatic N) is 1. The van der Waals surface area contributed by atoms with Crippen LogP contribution in [-0.4, -0.2) is 10.9 Å². The lowest BCUT2D eigenvalue weighted by molar-refractivity contribution is 1.07. The van der Waals surface area contributed by atoms with E-state index in [-0.39, 0.29) is 0 Å². The molecule has 0 aliphatic heterocycles. The lowest BCUT2D eigenvalue weighted by atomic mass is 10.4. The third-order valence-electron chi connectivity index (χ3n) is 1.76. The zero-order valence-corrected chi connectivity index (χ0v) is 12.2. The van der Waals surface area contributed by atoms with Crippen LogP contribution in [0.4, 0.5) is 0 Å². The lowest BCUT2D eigenvalue weighted by Gasteiger charge is -1.88. The Morgan fingerprint density at radius 2 is 2.27 bits per heavy atom. The first kappa shape index (κ1) is 11.9. The molecule has 0 spiro atoms. The first-order valence-corrected chi connectivity index (χ1v) is 7.56. The van der Waals surface area contributed by atoms with Crippen LogP contribution >= 0.6 is 61.8 Å². The molecule has 0 aliphatic rings. The minimum Gasteiger partial charge on any atom is -0.240 e. The van der Waals surface area contributed by atoms with Crippen molar-refractivity contribution < 1.29 is 0 Å². The van der Waals surface area contributed by atoms with Gasteiger partial charge in [0.25, 0.3) is 0 Å². The Hall–Kier alpha value is 0.390. The molecule has 0 radical (unpaired) electrons. The maximum atomic E-state index is 5.97. The molecule has 0 amide bonds. The van der Waals surface area contributed by atoms with Gasteiger partial charge in [0, 0.05) is 22.2 Å². The van der Waals surface area contributed by atoms with E-state index in [1.807, 2.05) is 11.4 Å². The van der Waals surface area contributed by atoms with Crippen LogP contribution in [-0.2, 0) is 6.42 Å². The van der Waals surface area contributed by atoms with Crippen molar-refractivity contribution in [3.8, 4) is 9.88 Å². The quantitative estimate of drug-likeness (QED) is 0.709. The molecule has 6 heteroatoms. The third-order valence-corrected chi connectivity index (χ3v) is 5.48. The number of aryl methyl sites for hydroxylation is 1. The molecule has 0 bridgehead atoms. The molecule has 15 heavy (non-hydrogen) atoms. The molecule has 2 heterocycles. The number of rotatable bonds is 3. The van der Waals surface area contributed by atoms with Gasteiger partial charge in [0.15, 0.2) is 0 Å².